The van der Waals surface area contributed by atoms with Crippen molar-refractivity contribution in [3.05, 3.63) is 71.5 Å². The van der Waals surface area contributed by atoms with E-state index in [2.05, 4.69) is 10.5 Å². The first kappa shape index (κ1) is 21.1. The third-order valence-corrected chi connectivity index (χ3v) is 4.48. The largest absolute Gasteiger partial charge is 0.491 e. The number of nitrogens with one attached hydrogen (secondary N) is 1. The van der Waals surface area contributed by atoms with E-state index in [1.54, 1.807) is 31.2 Å². The van der Waals surface area contributed by atoms with Crippen molar-refractivity contribution >= 4 is 11.9 Å². The van der Waals surface area contributed by atoms with Crippen molar-refractivity contribution in [3.8, 4) is 17.0 Å². The number of ether oxygens (including phenoxy) is 1. The van der Waals surface area contributed by atoms with Crippen LogP contribution in [0, 0.1) is 6.92 Å². The molecule has 2 aromatic carbocycles. The first-order valence-electron chi connectivity index (χ1n) is 9.66. The standard InChI is InChI=1S/C23H24N2O5/c1-14(2)29-18-11-9-16(10-12-18)19(13-20(26)27)24-23(28)21-15(3)30-25-22(21)17-7-5-4-6-8-17/h4-12,14,19H,13H2,1-3H3,(H,24,28)(H,26,27)/t19-/m1/s1. The molecule has 1 amide bonds. The number of nitrogens with zero attached hydrogens (tertiary/aromatic N) is 1. The lowest BCUT2D eigenvalue weighted by molar-refractivity contribution is -0.137. The number of benzene rings is 2. The third-order valence-electron chi connectivity index (χ3n) is 4.48. The topological polar surface area (TPSA) is 102 Å². The average molecular weight is 408 g/mol. The van der Waals surface area contributed by atoms with E-state index in [1.165, 1.54) is 0 Å². The van der Waals surface area contributed by atoms with Gasteiger partial charge in [-0.2, -0.15) is 0 Å². The van der Waals surface area contributed by atoms with Crippen LogP contribution in [0.2, 0.25) is 0 Å². The van der Waals surface area contributed by atoms with Crippen molar-refractivity contribution in [1.29, 1.82) is 0 Å². The van der Waals surface area contributed by atoms with Gasteiger partial charge >= 0.3 is 5.97 Å². The molecule has 3 rings (SSSR count). The molecule has 0 bridgehead atoms. The molecule has 3 aromatic rings. The van der Waals surface area contributed by atoms with Gasteiger partial charge in [-0.25, -0.2) is 0 Å². The van der Waals surface area contributed by atoms with Crippen LogP contribution in [0.1, 0.15) is 48.0 Å². The third kappa shape index (κ3) is 5.05. The van der Waals surface area contributed by atoms with Crippen molar-refractivity contribution in [2.45, 2.75) is 39.3 Å². The molecular formula is C23H24N2O5. The van der Waals surface area contributed by atoms with Crippen molar-refractivity contribution in [2.75, 3.05) is 0 Å². The lowest BCUT2D eigenvalue weighted by Gasteiger charge is -2.18. The molecule has 1 atom stereocenters. The number of carboxylic acid groups (broad SMARTS) is 1. The van der Waals surface area contributed by atoms with E-state index in [9.17, 15) is 14.7 Å². The van der Waals surface area contributed by atoms with E-state index in [1.807, 2.05) is 44.2 Å². The number of carbonyl (C=O) groups is 2. The normalized spacial score (nSPS) is 11.9. The molecule has 1 heterocycles. The number of hydrogen-bond donors (Lipinski definition) is 2. The monoisotopic (exact) mass is 408 g/mol. The summed E-state index contributed by atoms with van der Waals surface area (Å²) in [6.45, 7) is 5.50. The van der Waals surface area contributed by atoms with Crippen molar-refractivity contribution in [1.82, 2.24) is 10.5 Å². The molecule has 156 valence electrons. The number of aryl methyl sites for hydroxylation is 1. The number of aliphatic carboxylic acids is 1. The van der Waals surface area contributed by atoms with Crippen molar-refractivity contribution in [2.24, 2.45) is 0 Å². The van der Waals surface area contributed by atoms with Crippen LogP contribution in [0.25, 0.3) is 11.3 Å². The minimum Gasteiger partial charge on any atom is -0.491 e. The van der Waals surface area contributed by atoms with E-state index in [4.69, 9.17) is 9.26 Å². The van der Waals surface area contributed by atoms with Gasteiger partial charge in [0.2, 0.25) is 0 Å². The van der Waals surface area contributed by atoms with Crippen LogP contribution in [-0.4, -0.2) is 28.2 Å². The molecule has 0 aliphatic heterocycles. The molecule has 0 unspecified atom stereocenters. The van der Waals surface area contributed by atoms with Gasteiger partial charge in [0.05, 0.1) is 18.6 Å². The Morgan fingerprint density at radius 3 is 2.37 bits per heavy atom. The fraction of sp³-hybridized carbons (Fsp3) is 0.261. The minimum atomic E-state index is -1.02. The summed E-state index contributed by atoms with van der Waals surface area (Å²) < 4.78 is 10.9. The van der Waals surface area contributed by atoms with Gasteiger partial charge in [-0.15, -0.1) is 0 Å². The smallest absolute Gasteiger partial charge is 0.305 e. The van der Waals surface area contributed by atoms with E-state index in [-0.39, 0.29) is 18.1 Å². The lowest BCUT2D eigenvalue weighted by atomic mass is 10.0. The highest BCUT2D eigenvalue weighted by Crippen LogP contribution is 2.27. The number of hydrogen-bond acceptors (Lipinski definition) is 5. The van der Waals surface area contributed by atoms with Gasteiger partial charge in [0, 0.05) is 5.56 Å². The average Bonchev–Trinajstić information content (AvgIpc) is 3.09. The zero-order valence-electron chi connectivity index (χ0n) is 17.1. The molecule has 2 N–H and O–H groups in total. The predicted octanol–water partition coefficient (Wildman–Crippen LogP) is 4.38. The Labute approximate surface area is 174 Å². The summed E-state index contributed by atoms with van der Waals surface area (Å²) in [6.07, 6.45) is -0.237. The highest BCUT2D eigenvalue weighted by atomic mass is 16.5. The van der Waals surface area contributed by atoms with Crippen LogP contribution in [0.5, 0.6) is 5.75 Å². The summed E-state index contributed by atoms with van der Waals surface area (Å²) in [4.78, 5) is 24.5. The second-order valence-electron chi connectivity index (χ2n) is 7.19. The summed E-state index contributed by atoms with van der Waals surface area (Å²) in [6, 6.07) is 15.5. The molecule has 0 saturated carbocycles. The Balaban J connectivity index is 1.87. The Morgan fingerprint density at radius 1 is 1.10 bits per heavy atom. The summed E-state index contributed by atoms with van der Waals surface area (Å²) >= 11 is 0. The fourth-order valence-corrected chi connectivity index (χ4v) is 3.14. The SMILES string of the molecule is Cc1onc(-c2ccccc2)c1C(=O)N[C@H](CC(=O)O)c1ccc(OC(C)C)cc1. The Morgan fingerprint density at radius 2 is 1.77 bits per heavy atom. The fourth-order valence-electron chi connectivity index (χ4n) is 3.14. The van der Waals surface area contributed by atoms with E-state index in [0.29, 0.717) is 22.8 Å². The van der Waals surface area contributed by atoms with E-state index < -0.39 is 17.9 Å². The van der Waals surface area contributed by atoms with Crippen LogP contribution >= 0.6 is 0 Å². The molecule has 1 aromatic heterocycles. The summed E-state index contributed by atoms with van der Waals surface area (Å²) in [7, 11) is 0. The number of carboxylic acids is 1. The maximum absolute atomic E-state index is 13.1. The van der Waals surface area contributed by atoms with Gasteiger partial charge < -0.3 is 19.7 Å². The second-order valence-corrected chi connectivity index (χ2v) is 7.19. The van der Waals surface area contributed by atoms with Gasteiger partial charge in [0.15, 0.2) is 0 Å². The predicted molar refractivity (Wildman–Crippen MR) is 111 cm³/mol. The van der Waals surface area contributed by atoms with Crippen LogP contribution in [-0.2, 0) is 4.79 Å². The van der Waals surface area contributed by atoms with E-state index >= 15 is 0 Å². The number of rotatable bonds is 8. The van der Waals surface area contributed by atoms with Crippen LogP contribution < -0.4 is 10.1 Å². The van der Waals surface area contributed by atoms with Crippen LogP contribution in [0.4, 0.5) is 0 Å². The molecule has 0 fully saturated rings. The van der Waals surface area contributed by atoms with Gasteiger partial charge in [-0.1, -0.05) is 47.6 Å². The van der Waals surface area contributed by atoms with Gasteiger partial charge in [0.25, 0.3) is 5.91 Å². The molecular weight excluding hydrogens is 384 g/mol. The Kier molecular flexibility index (Phi) is 6.51. The number of amides is 1. The molecule has 7 heteroatoms. The van der Waals surface area contributed by atoms with Crippen molar-refractivity contribution < 1.29 is 24.0 Å². The van der Waals surface area contributed by atoms with Crippen LogP contribution in [0.15, 0.2) is 59.1 Å². The molecule has 0 radical (unpaired) electrons. The second kappa shape index (κ2) is 9.26. The Hall–Kier alpha value is -3.61. The summed E-state index contributed by atoms with van der Waals surface area (Å²) in [5.74, 6) is -0.425. The molecule has 0 aliphatic rings. The molecule has 30 heavy (non-hydrogen) atoms. The molecule has 0 spiro atoms. The summed E-state index contributed by atoms with van der Waals surface area (Å²) in [5, 5.41) is 16.2. The highest BCUT2D eigenvalue weighted by molar-refractivity contribution is 6.01. The lowest BCUT2D eigenvalue weighted by Crippen LogP contribution is -2.30. The molecule has 0 aliphatic carbocycles. The molecule has 0 saturated heterocycles. The van der Waals surface area contributed by atoms with Gasteiger partial charge in [-0.3, -0.25) is 9.59 Å². The Bertz CT molecular complexity index is 1010. The first-order valence-corrected chi connectivity index (χ1v) is 9.66. The van der Waals surface area contributed by atoms with Gasteiger partial charge in [0.1, 0.15) is 22.8 Å². The zero-order valence-corrected chi connectivity index (χ0v) is 17.1. The van der Waals surface area contributed by atoms with Crippen LogP contribution in [0.3, 0.4) is 0 Å². The minimum absolute atomic E-state index is 0.0262. The quantitative estimate of drug-likeness (QED) is 0.573. The zero-order chi connectivity index (χ0) is 21.7. The number of aromatic nitrogens is 1. The van der Waals surface area contributed by atoms with E-state index in [0.717, 1.165) is 5.56 Å². The first-order chi connectivity index (χ1) is 14.3. The highest BCUT2D eigenvalue weighted by Gasteiger charge is 2.25. The number of carbonyl (C=O) groups excluding carboxylic acids is 1. The molecule has 7 nitrogen and oxygen atoms in total. The maximum atomic E-state index is 13.1. The van der Waals surface area contributed by atoms with Gasteiger partial charge in [-0.05, 0) is 38.5 Å². The van der Waals surface area contributed by atoms with Crippen molar-refractivity contribution in [3.63, 3.8) is 0 Å². The maximum Gasteiger partial charge on any atom is 0.305 e. The summed E-state index contributed by atoms with van der Waals surface area (Å²) in [5.41, 5.74) is 2.11.